The number of benzene rings is 1. The van der Waals surface area contributed by atoms with Gasteiger partial charge in [0.05, 0.1) is 0 Å². The standard InChI is InChI=1S/C14H17BrN4/c1-16-7-12-8-17-14(18-9-12)19(2)10-11-3-5-13(15)6-4-11/h3-6,8-9,16H,7,10H2,1-2H3. The Morgan fingerprint density at radius 1 is 1.11 bits per heavy atom. The quantitative estimate of drug-likeness (QED) is 0.919. The number of rotatable bonds is 5. The van der Waals surface area contributed by atoms with E-state index in [2.05, 4.69) is 43.3 Å². The fraction of sp³-hybridized carbons (Fsp3) is 0.286. The second-order valence-electron chi connectivity index (χ2n) is 4.40. The second-order valence-corrected chi connectivity index (χ2v) is 5.32. The Bertz CT molecular complexity index is 510. The number of anilines is 1. The van der Waals surface area contributed by atoms with Gasteiger partial charge in [0.1, 0.15) is 0 Å². The number of halogens is 1. The van der Waals surface area contributed by atoms with E-state index < -0.39 is 0 Å². The minimum atomic E-state index is 0.739. The molecule has 0 radical (unpaired) electrons. The molecule has 4 nitrogen and oxygen atoms in total. The summed E-state index contributed by atoms with van der Waals surface area (Å²) in [5, 5.41) is 3.08. The Morgan fingerprint density at radius 2 is 1.74 bits per heavy atom. The van der Waals surface area contributed by atoms with Gasteiger partial charge in [-0.3, -0.25) is 0 Å². The third-order valence-corrected chi connectivity index (χ3v) is 3.28. The van der Waals surface area contributed by atoms with Gasteiger partial charge in [0.25, 0.3) is 0 Å². The van der Waals surface area contributed by atoms with Crippen LogP contribution in [0.2, 0.25) is 0 Å². The average Bonchev–Trinajstić information content (AvgIpc) is 2.42. The molecule has 0 aliphatic rings. The zero-order valence-electron chi connectivity index (χ0n) is 11.1. The molecule has 0 aliphatic carbocycles. The van der Waals surface area contributed by atoms with Gasteiger partial charge in [0, 0.05) is 42.6 Å². The van der Waals surface area contributed by atoms with Crippen LogP contribution in [0.5, 0.6) is 0 Å². The first kappa shape index (κ1) is 14.0. The van der Waals surface area contributed by atoms with Gasteiger partial charge in [0.2, 0.25) is 5.95 Å². The first-order chi connectivity index (χ1) is 9.19. The van der Waals surface area contributed by atoms with Crippen LogP contribution in [0.1, 0.15) is 11.1 Å². The molecule has 0 unspecified atom stereocenters. The van der Waals surface area contributed by atoms with Crippen molar-refractivity contribution in [1.29, 1.82) is 0 Å². The van der Waals surface area contributed by atoms with E-state index in [0.717, 1.165) is 29.1 Å². The molecule has 0 saturated heterocycles. The van der Waals surface area contributed by atoms with Gasteiger partial charge in [-0.25, -0.2) is 9.97 Å². The van der Waals surface area contributed by atoms with Crippen molar-refractivity contribution >= 4 is 21.9 Å². The van der Waals surface area contributed by atoms with E-state index >= 15 is 0 Å². The highest BCUT2D eigenvalue weighted by atomic mass is 79.9. The SMILES string of the molecule is CNCc1cnc(N(C)Cc2ccc(Br)cc2)nc1. The predicted octanol–water partition coefficient (Wildman–Crippen LogP) is 2.59. The first-order valence-electron chi connectivity index (χ1n) is 6.10. The lowest BCUT2D eigenvalue weighted by molar-refractivity contribution is 0.797. The smallest absolute Gasteiger partial charge is 0.225 e. The van der Waals surface area contributed by atoms with Gasteiger partial charge in [-0.15, -0.1) is 0 Å². The van der Waals surface area contributed by atoms with Crippen LogP contribution in [0.15, 0.2) is 41.1 Å². The van der Waals surface area contributed by atoms with Crippen LogP contribution in [0.4, 0.5) is 5.95 Å². The van der Waals surface area contributed by atoms with Gasteiger partial charge >= 0.3 is 0 Å². The molecule has 100 valence electrons. The van der Waals surface area contributed by atoms with Crippen LogP contribution in [0, 0.1) is 0 Å². The van der Waals surface area contributed by atoms with Gasteiger partial charge in [-0.1, -0.05) is 28.1 Å². The Labute approximate surface area is 122 Å². The lowest BCUT2D eigenvalue weighted by Crippen LogP contribution is -2.19. The summed E-state index contributed by atoms with van der Waals surface area (Å²) in [5.41, 5.74) is 2.32. The van der Waals surface area contributed by atoms with E-state index in [1.165, 1.54) is 5.56 Å². The van der Waals surface area contributed by atoms with Crippen molar-refractivity contribution in [2.75, 3.05) is 19.0 Å². The molecule has 0 spiro atoms. The number of hydrogen-bond acceptors (Lipinski definition) is 4. The molecular weight excluding hydrogens is 304 g/mol. The Kier molecular flexibility index (Phi) is 4.87. The number of hydrogen-bond donors (Lipinski definition) is 1. The average molecular weight is 321 g/mol. The summed E-state index contributed by atoms with van der Waals surface area (Å²) in [6.07, 6.45) is 3.72. The van der Waals surface area contributed by atoms with Crippen LogP contribution >= 0.6 is 15.9 Å². The van der Waals surface area contributed by atoms with Crippen LogP contribution in [-0.2, 0) is 13.1 Å². The molecule has 19 heavy (non-hydrogen) atoms. The molecule has 0 bridgehead atoms. The minimum absolute atomic E-state index is 0.739. The molecular formula is C14H17BrN4. The Balaban J connectivity index is 2.02. The molecule has 0 amide bonds. The Morgan fingerprint density at radius 3 is 2.32 bits per heavy atom. The first-order valence-corrected chi connectivity index (χ1v) is 6.89. The molecule has 0 fully saturated rings. The highest BCUT2D eigenvalue weighted by Crippen LogP contribution is 2.14. The molecule has 2 rings (SSSR count). The summed E-state index contributed by atoms with van der Waals surface area (Å²) in [4.78, 5) is 10.8. The van der Waals surface area contributed by atoms with Crippen LogP contribution in [-0.4, -0.2) is 24.1 Å². The van der Waals surface area contributed by atoms with E-state index in [9.17, 15) is 0 Å². The molecule has 1 N–H and O–H groups in total. The fourth-order valence-electron chi connectivity index (χ4n) is 1.77. The molecule has 2 aromatic rings. The number of nitrogens with zero attached hydrogens (tertiary/aromatic N) is 3. The number of aromatic nitrogens is 2. The lowest BCUT2D eigenvalue weighted by atomic mass is 10.2. The molecule has 5 heteroatoms. The highest BCUT2D eigenvalue weighted by Gasteiger charge is 2.05. The number of nitrogens with one attached hydrogen (secondary N) is 1. The van der Waals surface area contributed by atoms with Crippen LogP contribution < -0.4 is 10.2 Å². The molecule has 1 aromatic carbocycles. The van der Waals surface area contributed by atoms with Crippen molar-refractivity contribution in [2.45, 2.75) is 13.1 Å². The van der Waals surface area contributed by atoms with Crippen molar-refractivity contribution in [1.82, 2.24) is 15.3 Å². The van der Waals surface area contributed by atoms with Gasteiger partial charge in [-0.2, -0.15) is 0 Å². The van der Waals surface area contributed by atoms with E-state index in [0.29, 0.717) is 0 Å². The zero-order valence-corrected chi connectivity index (χ0v) is 12.7. The van der Waals surface area contributed by atoms with E-state index in [-0.39, 0.29) is 0 Å². The lowest BCUT2D eigenvalue weighted by Gasteiger charge is -2.17. The van der Waals surface area contributed by atoms with Gasteiger partial charge in [-0.05, 0) is 24.7 Å². The predicted molar refractivity (Wildman–Crippen MR) is 81.0 cm³/mol. The second kappa shape index (κ2) is 6.63. The molecule has 1 heterocycles. The summed E-state index contributed by atoms with van der Waals surface area (Å²) in [5.74, 6) is 0.739. The summed E-state index contributed by atoms with van der Waals surface area (Å²) >= 11 is 3.44. The molecule has 1 aromatic heterocycles. The van der Waals surface area contributed by atoms with Crippen molar-refractivity contribution in [2.24, 2.45) is 0 Å². The van der Waals surface area contributed by atoms with Crippen molar-refractivity contribution in [3.8, 4) is 0 Å². The van der Waals surface area contributed by atoms with E-state index in [1.807, 2.05) is 43.5 Å². The summed E-state index contributed by atoms with van der Waals surface area (Å²) in [7, 11) is 3.91. The van der Waals surface area contributed by atoms with Gasteiger partial charge in [0.15, 0.2) is 0 Å². The van der Waals surface area contributed by atoms with Crippen LogP contribution in [0.25, 0.3) is 0 Å². The van der Waals surface area contributed by atoms with Crippen molar-refractivity contribution in [3.63, 3.8) is 0 Å². The van der Waals surface area contributed by atoms with E-state index in [4.69, 9.17) is 0 Å². The third kappa shape index (κ3) is 4.01. The van der Waals surface area contributed by atoms with Gasteiger partial charge < -0.3 is 10.2 Å². The normalized spacial score (nSPS) is 10.5. The third-order valence-electron chi connectivity index (χ3n) is 2.75. The molecule has 0 saturated carbocycles. The Hall–Kier alpha value is -1.46. The van der Waals surface area contributed by atoms with Crippen LogP contribution in [0.3, 0.4) is 0 Å². The minimum Gasteiger partial charge on any atom is -0.340 e. The summed E-state index contributed by atoms with van der Waals surface area (Å²) in [6, 6.07) is 8.27. The topological polar surface area (TPSA) is 41.1 Å². The molecule has 0 aliphatic heterocycles. The fourth-order valence-corrected chi connectivity index (χ4v) is 2.04. The maximum Gasteiger partial charge on any atom is 0.225 e. The van der Waals surface area contributed by atoms with Crippen molar-refractivity contribution < 1.29 is 0 Å². The summed E-state index contributed by atoms with van der Waals surface area (Å²) in [6.45, 7) is 1.58. The van der Waals surface area contributed by atoms with Crippen molar-refractivity contribution in [3.05, 3.63) is 52.3 Å². The summed E-state index contributed by atoms with van der Waals surface area (Å²) < 4.78 is 1.09. The monoisotopic (exact) mass is 320 g/mol. The maximum absolute atomic E-state index is 4.38. The largest absolute Gasteiger partial charge is 0.340 e. The van der Waals surface area contributed by atoms with E-state index in [1.54, 1.807) is 0 Å². The maximum atomic E-state index is 4.38. The molecule has 0 atom stereocenters. The highest BCUT2D eigenvalue weighted by molar-refractivity contribution is 9.10. The zero-order chi connectivity index (χ0) is 13.7.